The lowest BCUT2D eigenvalue weighted by atomic mass is 9.95. The summed E-state index contributed by atoms with van der Waals surface area (Å²) >= 11 is 0. The Balaban J connectivity index is 0.000000757. The van der Waals surface area contributed by atoms with Crippen LogP contribution in [-0.4, -0.2) is 30.3 Å². The number of rotatable bonds is 14. The number of amides is 1. The molecule has 0 radical (unpaired) electrons. The minimum atomic E-state index is -5.08. The molecular formula is C45H42F3N3O4. The number of methoxy groups -OCH3 is 1. The van der Waals surface area contributed by atoms with Crippen LogP contribution in [0.1, 0.15) is 38.2 Å². The number of benzene rings is 6. The number of carboxylic acid groups (broad SMARTS) is 1. The highest BCUT2D eigenvalue weighted by atomic mass is 19.4. The van der Waals surface area contributed by atoms with E-state index in [0.29, 0.717) is 25.2 Å². The van der Waals surface area contributed by atoms with Gasteiger partial charge in [-0.3, -0.25) is 4.79 Å². The summed E-state index contributed by atoms with van der Waals surface area (Å²) in [5.41, 5.74) is 10.7. The van der Waals surface area contributed by atoms with Crippen LogP contribution in [0.25, 0.3) is 22.3 Å². The van der Waals surface area contributed by atoms with Gasteiger partial charge in [0.05, 0.1) is 7.11 Å². The Morgan fingerprint density at radius 1 is 0.545 bits per heavy atom. The average Bonchev–Trinajstić information content (AvgIpc) is 3.21. The van der Waals surface area contributed by atoms with Gasteiger partial charge in [-0.05, 0) is 74.3 Å². The van der Waals surface area contributed by atoms with Crippen molar-refractivity contribution in [3.05, 3.63) is 185 Å². The van der Waals surface area contributed by atoms with Crippen LogP contribution in [0.15, 0.2) is 152 Å². The number of ether oxygens (including phenoxy) is 1. The molecule has 0 aliphatic carbocycles. The van der Waals surface area contributed by atoms with Gasteiger partial charge in [0, 0.05) is 38.3 Å². The van der Waals surface area contributed by atoms with Gasteiger partial charge in [0.25, 0.3) is 5.91 Å². The van der Waals surface area contributed by atoms with E-state index < -0.39 is 12.1 Å². The molecular weight excluding hydrogens is 704 g/mol. The number of aliphatic carboxylic acids is 1. The van der Waals surface area contributed by atoms with Crippen molar-refractivity contribution in [3.63, 3.8) is 0 Å². The summed E-state index contributed by atoms with van der Waals surface area (Å²) in [7, 11) is 1.65. The SMILES string of the molecule is COc1cccc(CNC(=O)c2cc(CNCc3ccccc3)ccc2-c2cccc(CNCc3ccc(-c4ccccc4)cc3)c2)c1.O=C(O)C(F)(F)F. The fourth-order valence-electron chi connectivity index (χ4n) is 5.79. The summed E-state index contributed by atoms with van der Waals surface area (Å²) in [5.74, 6) is -2.10. The van der Waals surface area contributed by atoms with Crippen molar-refractivity contribution in [2.24, 2.45) is 0 Å². The van der Waals surface area contributed by atoms with E-state index in [-0.39, 0.29) is 5.91 Å². The molecule has 55 heavy (non-hydrogen) atoms. The molecule has 0 aliphatic rings. The number of halogens is 3. The highest BCUT2D eigenvalue weighted by Crippen LogP contribution is 2.27. The van der Waals surface area contributed by atoms with E-state index in [2.05, 4.69) is 113 Å². The van der Waals surface area contributed by atoms with Crippen LogP contribution in [0.3, 0.4) is 0 Å². The van der Waals surface area contributed by atoms with Gasteiger partial charge in [0.2, 0.25) is 0 Å². The Labute approximate surface area is 318 Å². The van der Waals surface area contributed by atoms with Gasteiger partial charge in [0.15, 0.2) is 0 Å². The minimum Gasteiger partial charge on any atom is -0.497 e. The maximum atomic E-state index is 13.8. The second kappa shape index (κ2) is 19.7. The van der Waals surface area contributed by atoms with Gasteiger partial charge in [-0.25, -0.2) is 4.79 Å². The summed E-state index contributed by atoms with van der Waals surface area (Å²) < 4.78 is 37.1. The van der Waals surface area contributed by atoms with Crippen LogP contribution in [0, 0.1) is 0 Å². The lowest BCUT2D eigenvalue weighted by Gasteiger charge is -2.15. The van der Waals surface area contributed by atoms with Crippen LogP contribution in [-0.2, 0) is 37.5 Å². The number of alkyl halides is 3. The second-order valence-corrected chi connectivity index (χ2v) is 12.7. The Morgan fingerprint density at radius 2 is 1.02 bits per heavy atom. The molecule has 0 unspecified atom stereocenters. The third-order valence-corrected chi connectivity index (χ3v) is 8.62. The van der Waals surface area contributed by atoms with Crippen molar-refractivity contribution < 1.29 is 32.6 Å². The van der Waals surface area contributed by atoms with E-state index in [1.807, 2.05) is 54.6 Å². The van der Waals surface area contributed by atoms with Crippen LogP contribution < -0.4 is 20.7 Å². The normalized spacial score (nSPS) is 10.9. The third kappa shape index (κ3) is 12.4. The zero-order valence-electron chi connectivity index (χ0n) is 30.3. The van der Waals surface area contributed by atoms with E-state index in [0.717, 1.165) is 46.7 Å². The Morgan fingerprint density at radius 3 is 1.64 bits per heavy atom. The Kier molecular flexibility index (Phi) is 14.3. The standard InChI is InChI=1S/C43H41N3O2.C2HF3O2/c1-48-40-17-9-13-35(25-40)31-46-43(47)42-26-36(30-44-27-32-10-4-2-5-11-32)20-23-41(42)39-16-8-12-34(24-39)29-45-28-33-18-21-38(22-19-33)37-14-6-3-7-15-37;3-2(4,5)1(6)7/h2-26,44-45H,27-31H2,1H3,(H,46,47);(H,6,7). The van der Waals surface area contributed by atoms with E-state index in [9.17, 15) is 18.0 Å². The molecule has 0 spiro atoms. The lowest BCUT2D eigenvalue weighted by Crippen LogP contribution is -2.24. The number of nitrogens with one attached hydrogen (secondary N) is 3. The van der Waals surface area contributed by atoms with Gasteiger partial charge in [-0.1, -0.05) is 127 Å². The molecule has 6 aromatic carbocycles. The molecule has 10 heteroatoms. The first-order valence-electron chi connectivity index (χ1n) is 17.6. The summed E-state index contributed by atoms with van der Waals surface area (Å²) in [6.07, 6.45) is -5.08. The number of carbonyl (C=O) groups is 2. The van der Waals surface area contributed by atoms with Gasteiger partial charge in [0.1, 0.15) is 5.75 Å². The Bertz CT molecular complexity index is 2140. The van der Waals surface area contributed by atoms with Gasteiger partial charge in [-0.2, -0.15) is 13.2 Å². The molecule has 6 aromatic rings. The van der Waals surface area contributed by atoms with Crippen LogP contribution in [0.5, 0.6) is 5.75 Å². The number of carboxylic acids is 1. The summed E-state index contributed by atoms with van der Waals surface area (Å²) in [5, 5.41) is 17.4. The monoisotopic (exact) mass is 745 g/mol. The fourth-order valence-corrected chi connectivity index (χ4v) is 5.79. The molecule has 0 aromatic heterocycles. The largest absolute Gasteiger partial charge is 0.497 e. The smallest absolute Gasteiger partial charge is 0.490 e. The number of hydrogen-bond acceptors (Lipinski definition) is 5. The maximum absolute atomic E-state index is 13.8. The first-order chi connectivity index (χ1) is 26.6. The van der Waals surface area contributed by atoms with E-state index in [1.54, 1.807) is 7.11 Å². The molecule has 7 nitrogen and oxygen atoms in total. The van der Waals surface area contributed by atoms with Crippen molar-refractivity contribution in [1.82, 2.24) is 16.0 Å². The van der Waals surface area contributed by atoms with Crippen molar-refractivity contribution in [2.45, 2.75) is 38.9 Å². The maximum Gasteiger partial charge on any atom is 0.490 e. The quantitative estimate of drug-likeness (QED) is 0.0888. The van der Waals surface area contributed by atoms with E-state index in [4.69, 9.17) is 14.6 Å². The van der Waals surface area contributed by atoms with E-state index in [1.165, 1.54) is 22.3 Å². The zero-order chi connectivity index (χ0) is 39.0. The first-order valence-corrected chi connectivity index (χ1v) is 17.6. The minimum absolute atomic E-state index is 0.111. The number of hydrogen-bond donors (Lipinski definition) is 4. The van der Waals surface area contributed by atoms with Crippen LogP contribution in [0.4, 0.5) is 13.2 Å². The van der Waals surface area contributed by atoms with Gasteiger partial charge < -0.3 is 25.8 Å². The molecule has 0 aliphatic heterocycles. The van der Waals surface area contributed by atoms with Crippen LogP contribution >= 0.6 is 0 Å². The van der Waals surface area contributed by atoms with Crippen molar-refractivity contribution >= 4 is 11.9 Å². The van der Waals surface area contributed by atoms with Crippen molar-refractivity contribution in [3.8, 4) is 28.0 Å². The molecule has 1 amide bonds. The molecule has 0 fully saturated rings. The molecule has 0 saturated carbocycles. The third-order valence-electron chi connectivity index (χ3n) is 8.62. The molecule has 0 atom stereocenters. The molecule has 0 bridgehead atoms. The Hall–Kier alpha value is -6.23. The summed E-state index contributed by atoms with van der Waals surface area (Å²) in [4.78, 5) is 22.7. The van der Waals surface area contributed by atoms with Gasteiger partial charge >= 0.3 is 12.1 Å². The zero-order valence-corrected chi connectivity index (χ0v) is 30.3. The first kappa shape index (κ1) is 40.0. The highest BCUT2D eigenvalue weighted by Gasteiger charge is 2.38. The molecule has 0 heterocycles. The molecule has 6 rings (SSSR count). The fraction of sp³-hybridized carbons (Fsp3) is 0.156. The van der Waals surface area contributed by atoms with E-state index >= 15 is 0 Å². The average molecular weight is 746 g/mol. The summed E-state index contributed by atoms with van der Waals surface area (Å²) in [6, 6.07) is 51.9. The highest BCUT2D eigenvalue weighted by molar-refractivity contribution is 6.01. The van der Waals surface area contributed by atoms with Gasteiger partial charge in [-0.15, -0.1) is 0 Å². The second-order valence-electron chi connectivity index (χ2n) is 12.7. The van der Waals surface area contributed by atoms with Crippen molar-refractivity contribution in [2.75, 3.05) is 7.11 Å². The predicted octanol–water partition coefficient (Wildman–Crippen LogP) is 9.17. The molecule has 4 N–H and O–H groups in total. The lowest BCUT2D eigenvalue weighted by molar-refractivity contribution is -0.192. The summed E-state index contributed by atoms with van der Waals surface area (Å²) in [6.45, 7) is 3.30. The molecule has 282 valence electrons. The van der Waals surface area contributed by atoms with Crippen LogP contribution in [0.2, 0.25) is 0 Å². The molecule has 0 saturated heterocycles. The number of carbonyl (C=O) groups excluding carboxylic acids is 1. The van der Waals surface area contributed by atoms with Crippen molar-refractivity contribution in [1.29, 1.82) is 0 Å². The topological polar surface area (TPSA) is 99.7 Å². The predicted molar refractivity (Wildman–Crippen MR) is 209 cm³/mol.